The first-order valence-corrected chi connectivity index (χ1v) is 10.6. The van der Waals surface area contributed by atoms with Crippen LogP contribution in [-0.2, 0) is 22.2 Å². The van der Waals surface area contributed by atoms with Crippen LogP contribution in [0, 0.1) is 0 Å². The Labute approximate surface area is 174 Å². The number of carbonyl (C=O) groups excluding carboxylic acids is 1. The van der Waals surface area contributed by atoms with E-state index in [9.17, 15) is 39.6 Å². The topological polar surface area (TPSA) is 97.5 Å². The number of anilines is 1. The van der Waals surface area contributed by atoms with E-state index in [2.05, 4.69) is 15.2 Å². The first-order valence-electron chi connectivity index (χ1n) is 8.17. The minimum absolute atomic E-state index is 0.0278. The number of imidazole rings is 1. The van der Waals surface area contributed by atoms with E-state index in [4.69, 9.17) is 0 Å². The summed E-state index contributed by atoms with van der Waals surface area (Å²) in [6.07, 6.45) is -8.76. The number of alkyl halides is 6. The first kappa shape index (κ1) is 22.9. The summed E-state index contributed by atoms with van der Waals surface area (Å²) in [5, 5.41) is 3.66. The van der Waals surface area contributed by atoms with Gasteiger partial charge in [-0.3, -0.25) is 14.1 Å². The smallest absolute Gasteiger partial charge is 0.290 e. The number of carbonyl (C=O) groups is 1. The Hall–Kier alpha value is -2.75. The summed E-state index contributed by atoms with van der Waals surface area (Å²) in [4.78, 5) is 17.2. The van der Waals surface area contributed by atoms with Gasteiger partial charge in [-0.15, -0.1) is 10.2 Å². The lowest BCUT2D eigenvalue weighted by atomic mass is 10.2. The highest BCUT2D eigenvalue weighted by molar-refractivity contribution is 7.91. The van der Waals surface area contributed by atoms with E-state index >= 15 is 0 Å². The van der Waals surface area contributed by atoms with Crippen LogP contribution in [0.1, 0.15) is 28.0 Å². The van der Waals surface area contributed by atoms with E-state index in [1.54, 1.807) is 0 Å². The zero-order chi connectivity index (χ0) is 23.4. The molecule has 1 amide bonds. The van der Waals surface area contributed by atoms with Crippen LogP contribution < -0.4 is 4.90 Å². The molecule has 0 fully saturated rings. The molecule has 0 aliphatic heterocycles. The summed E-state index contributed by atoms with van der Waals surface area (Å²) in [5.41, 5.74) is -2.36. The molecule has 0 aromatic carbocycles. The normalized spacial score (nSPS) is 13.0. The summed E-state index contributed by atoms with van der Waals surface area (Å²) in [7, 11) is -3.17. The zero-order valence-corrected chi connectivity index (χ0v) is 17.1. The molecule has 3 heterocycles. The van der Waals surface area contributed by atoms with Gasteiger partial charge in [-0.1, -0.05) is 18.3 Å². The molecule has 0 unspecified atom stereocenters. The van der Waals surface area contributed by atoms with Crippen molar-refractivity contribution >= 4 is 37.9 Å². The fourth-order valence-electron chi connectivity index (χ4n) is 2.48. The van der Waals surface area contributed by atoms with Crippen LogP contribution in [0.4, 0.5) is 31.5 Å². The third-order valence-corrected chi connectivity index (χ3v) is 6.82. The molecule has 0 atom stereocenters. The molecular weight excluding hydrogens is 476 g/mol. The van der Waals surface area contributed by atoms with Gasteiger partial charge in [0.1, 0.15) is 5.65 Å². The van der Waals surface area contributed by atoms with Crippen molar-refractivity contribution in [3.63, 3.8) is 0 Å². The molecule has 0 radical (unpaired) electrons. The highest BCUT2D eigenvalue weighted by Gasteiger charge is 2.38. The zero-order valence-electron chi connectivity index (χ0n) is 15.5. The second-order valence-corrected chi connectivity index (χ2v) is 9.21. The summed E-state index contributed by atoms with van der Waals surface area (Å²) in [6, 6.07) is 1.17. The molecule has 0 saturated heterocycles. The number of nitrogens with zero attached hydrogens (tertiary/aromatic N) is 5. The van der Waals surface area contributed by atoms with Crippen molar-refractivity contribution in [2.45, 2.75) is 24.3 Å². The molecule has 8 nitrogen and oxygen atoms in total. The Morgan fingerprint density at radius 1 is 1.16 bits per heavy atom. The van der Waals surface area contributed by atoms with Crippen LogP contribution in [0.15, 0.2) is 23.4 Å². The molecule has 0 aliphatic rings. The van der Waals surface area contributed by atoms with Crippen LogP contribution in [0.25, 0.3) is 5.65 Å². The molecule has 0 aliphatic carbocycles. The van der Waals surface area contributed by atoms with Crippen LogP contribution >= 0.6 is 11.3 Å². The van der Waals surface area contributed by atoms with E-state index in [-0.39, 0.29) is 11.3 Å². The molecule has 0 N–H and O–H groups in total. The molecule has 168 valence electrons. The Bertz CT molecular complexity index is 1260. The molecular formula is C15H11F6N5O3S2. The lowest BCUT2D eigenvalue weighted by Gasteiger charge is -2.12. The highest BCUT2D eigenvalue weighted by atomic mass is 32.2. The number of sulfone groups is 1. The van der Waals surface area contributed by atoms with Crippen molar-refractivity contribution in [3.05, 3.63) is 34.6 Å². The van der Waals surface area contributed by atoms with Gasteiger partial charge < -0.3 is 0 Å². The van der Waals surface area contributed by atoms with Crippen molar-refractivity contribution in [3.8, 4) is 0 Å². The molecule has 31 heavy (non-hydrogen) atoms. The van der Waals surface area contributed by atoms with Gasteiger partial charge in [0.05, 0.1) is 11.3 Å². The maximum atomic E-state index is 13.0. The Morgan fingerprint density at radius 2 is 1.81 bits per heavy atom. The monoisotopic (exact) mass is 487 g/mol. The van der Waals surface area contributed by atoms with Gasteiger partial charge in [-0.25, -0.2) is 13.4 Å². The summed E-state index contributed by atoms with van der Waals surface area (Å²) >= 11 is 0.0278. The fourth-order valence-corrected chi connectivity index (χ4v) is 4.31. The number of pyridine rings is 1. The quantitative estimate of drug-likeness (QED) is 0.524. The highest BCUT2D eigenvalue weighted by Crippen LogP contribution is 2.35. The first-order chi connectivity index (χ1) is 14.2. The third-order valence-electron chi connectivity index (χ3n) is 4.04. The Balaban J connectivity index is 2.16. The van der Waals surface area contributed by atoms with Crippen LogP contribution in [0.2, 0.25) is 0 Å². The van der Waals surface area contributed by atoms with E-state index in [0.29, 0.717) is 17.0 Å². The van der Waals surface area contributed by atoms with E-state index in [1.807, 2.05) is 0 Å². The van der Waals surface area contributed by atoms with Gasteiger partial charge in [0.25, 0.3) is 5.91 Å². The Morgan fingerprint density at radius 3 is 2.32 bits per heavy atom. The van der Waals surface area contributed by atoms with Crippen LogP contribution in [0.3, 0.4) is 0 Å². The minimum Gasteiger partial charge on any atom is -0.290 e. The second-order valence-electron chi connectivity index (χ2n) is 6.06. The average molecular weight is 487 g/mol. The number of fused-ring (bicyclic) bond motifs is 1. The number of rotatable bonds is 4. The number of amides is 1. The molecule has 16 heteroatoms. The fraction of sp³-hybridized carbons (Fsp3) is 0.333. The van der Waals surface area contributed by atoms with Crippen molar-refractivity contribution in [1.29, 1.82) is 0 Å². The predicted octanol–water partition coefficient (Wildman–Crippen LogP) is 3.29. The lowest BCUT2D eigenvalue weighted by Crippen LogP contribution is -2.28. The average Bonchev–Trinajstić information content (AvgIpc) is 3.30. The largest absolute Gasteiger partial charge is 0.445 e. The van der Waals surface area contributed by atoms with Crippen molar-refractivity contribution in [2.75, 3.05) is 17.7 Å². The molecule has 3 rings (SSSR count). The van der Waals surface area contributed by atoms with E-state index in [0.717, 1.165) is 17.6 Å². The minimum atomic E-state index is -4.81. The van der Waals surface area contributed by atoms with Crippen LogP contribution in [0.5, 0.6) is 0 Å². The lowest BCUT2D eigenvalue weighted by molar-refractivity contribution is -0.138. The molecule has 0 saturated carbocycles. The van der Waals surface area contributed by atoms with Gasteiger partial charge >= 0.3 is 12.4 Å². The van der Waals surface area contributed by atoms with Gasteiger partial charge in [-0.05, 0) is 12.1 Å². The van der Waals surface area contributed by atoms with Crippen molar-refractivity contribution in [2.24, 2.45) is 0 Å². The van der Waals surface area contributed by atoms with Crippen LogP contribution in [-0.4, -0.2) is 46.7 Å². The number of halogens is 6. The summed E-state index contributed by atoms with van der Waals surface area (Å²) < 4.78 is 103. The summed E-state index contributed by atoms with van der Waals surface area (Å²) in [6.45, 7) is 1.25. The molecule has 3 aromatic rings. The molecule has 3 aromatic heterocycles. The SMILES string of the molecule is CCS(=O)(=O)c1c(C(=O)N(C)c2nnc(C(F)(F)F)s2)nc2cc(C(F)(F)F)ccn12. The number of hydrogen-bond acceptors (Lipinski definition) is 7. The number of aromatic nitrogens is 4. The summed E-state index contributed by atoms with van der Waals surface area (Å²) in [5.74, 6) is -1.70. The number of hydrogen-bond donors (Lipinski definition) is 0. The Kier molecular flexibility index (Phi) is 5.50. The van der Waals surface area contributed by atoms with E-state index in [1.165, 1.54) is 6.92 Å². The van der Waals surface area contributed by atoms with Crippen molar-refractivity contribution in [1.82, 2.24) is 19.6 Å². The van der Waals surface area contributed by atoms with Gasteiger partial charge in [0.2, 0.25) is 10.1 Å². The third kappa shape index (κ3) is 4.21. The maximum absolute atomic E-state index is 13.0. The second kappa shape index (κ2) is 7.44. The van der Waals surface area contributed by atoms with E-state index < -0.39 is 65.9 Å². The standard InChI is InChI=1S/C15H11F6N5O3S2/c1-3-31(28,29)11-9(22-8-6-7(14(16,17)18)4-5-26(8)11)10(27)25(2)13-24-23-12(30-13)15(19,20)21/h4-6H,3H2,1-2H3. The van der Waals surface area contributed by atoms with Gasteiger partial charge in [-0.2, -0.15) is 26.3 Å². The predicted molar refractivity (Wildman–Crippen MR) is 95.6 cm³/mol. The molecule has 0 spiro atoms. The van der Waals surface area contributed by atoms with Gasteiger partial charge in [0, 0.05) is 13.2 Å². The maximum Gasteiger partial charge on any atom is 0.445 e. The van der Waals surface area contributed by atoms with Gasteiger partial charge in [0.15, 0.2) is 20.6 Å². The van der Waals surface area contributed by atoms with Crippen molar-refractivity contribution < 1.29 is 39.6 Å². The molecule has 0 bridgehead atoms.